The van der Waals surface area contributed by atoms with E-state index in [1.807, 2.05) is 24.4 Å². The number of para-hydroxylation sites is 1. The van der Waals surface area contributed by atoms with Gasteiger partial charge in [0.05, 0.1) is 16.0 Å². The number of H-pyrrole nitrogens is 1. The second kappa shape index (κ2) is 4.08. The van der Waals surface area contributed by atoms with Gasteiger partial charge in [0, 0.05) is 11.6 Å². The van der Waals surface area contributed by atoms with E-state index in [9.17, 15) is 4.79 Å². The molecule has 0 radical (unpaired) electrons. The van der Waals surface area contributed by atoms with Crippen LogP contribution in [0.5, 0.6) is 0 Å². The molecule has 4 heteroatoms. The molecule has 0 bridgehead atoms. The smallest absolute Gasteiger partial charge is 0.309 e. The van der Waals surface area contributed by atoms with Crippen molar-refractivity contribution in [3.8, 4) is 0 Å². The van der Waals surface area contributed by atoms with Crippen LogP contribution >= 0.6 is 11.6 Å². The number of carboxylic acids is 1. The van der Waals surface area contributed by atoms with E-state index in [0.717, 1.165) is 16.5 Å². The normalized spacial score (nSPS) is 11.9. The van der Waals surface area contributed by atoms with Crippen LogP contribution in [-0.2, 0) is 11.2 Å². The molecule has 0 aliphatic rings. The first-order valence-corrected chi connectivity index (χ1v) is 5.77. The highest BCUT2D eigenvalue weighted by atomic mass is 35.5. The Morgan fingerprint density at radius 3 is 2.82 bits per heavy atom. The Labute approximate surface area is 104 Å². The fourth-order valence-electron chi connectivity index (χ4n) is 1.87. The minimum atomic E-state index is -0.797. The van der Waals surface area contributed by atoms with Crippen LogP contribution in [0.2, 0.25) is 5.02 Å². The summed E-state index contributed by atoms with van der Waals surface area (Å²) in [7, 11) is 0. The van der Waals surface area contributed by atoms with Gasteiger partial charge in [-0.1, -0.05) is 23.7 Å². The lowest BCUT2D eigenvalue weighted by Crippen LogP contribution is -2.26. The highest BCUT2D eigenvalue weighted by Crippen LogP contribution is 2.30. The van der Waals surface area contributed by atoms with E-state index in [0.29, 0.717) is 11.4 Å². The van der Waals surface area contributed by atoms with E-state index < -0.39 is 11.4 Å². The maximum atomic E-state index is 11.1. The molecule has 2 N–H and O–H groups in total. The van der Waals surface area contributed by atoms with Crippen LogP contribution in [0.3, 0.4) is 0 Å². The third kappa shape index (κ3) is 2.15. The Hall–Kier alpha value is -1.48. The van der Waals surface area contributed by atoms with Gasteiger partial charge in [0.25, 0.3) is 0 Å². The number of carboxylic acid groups (broad SMARTS) is 1. The molecule has 0 aliphatic heterocycles. The van der Waals surface area contributed by atoms with E-state index in [1.165, 1.54) is 0 Å². The summed E-state index contributed by atoms with van der Waals surface area (Å²) < 4.78 is 0. The number of rotatable bonds is 3. The Kier molecular flexibility index (Phi) is 2.87. The van der Waals surface area contributed by atoms with Crippen LogP contribution in [-0.4, -0.2) is 16.1 Å². The number of halogens is 1. The number of nitrogens with one attached hydrogen (secondary N) is 1. The van der Waals surface area contributed by atoms with Gasteiger partial charge in [-0.3, -0.25) is 4.79 Å². The lowest BCUT2D eigenvalue weighted by Gasteiger charge is -2.18. The van der Waals surface area contributed by atoms with E-state index in [1.54, 1.807) is 13.8 Å². The van der Waals surface area contributed by atoms with Crippen LogP contribution in [0, 0.1) is 5.41 Å². The quantitative estimate of drug-likeness (QED) is 0.878. The zero-order valence-corrected chi connectivity index (χ0v) is 10.5. The summed E-state index contributed by atoms with van der Waals surface area (Å²) in [5.74, 6) is -0.797. The molecule has 3 nitrogen and oxygen atoms in total. The van der Waals surface area contributed by atoms with Crippen LogP contribution in [0.1, 0.15) is 19.4 Å². The van der Waals surface area contributed by atoms with Crippen molar-refractivity contribution in [3.63, 3.8) is 0 Å². The highest BCUT2D eigenvalue weighted by Gasteiger charge is 2.28. The zero-order chi connectivity index (χ0) is 12.6. The predicted molar refractivity (Wildman–Crippen MR) is 68.4 cm³/mol. The van der Waals surface area contributed by atoms with Crippen molar-refractivity contribution in [1.29, 1.82) is 0 Å². The number of hydrogen-bond donors (Lipinski definition) is 2. The maximum absolute atomic E-state index is 11.1. The molecule has 0 spiro atoms. The van der Waals surface area contributed by atoms with Gasteiger partial charge < -0.3 is 10.1 Å². The molecule has 0 saturated heterocycles. The molecule has 17 heavy (non-hydrogen) atoms. The molecule has 1 aromatic carbocycles. The lowest BCUT2D eigenvalue weighted by molar-refractivity contribution is -0.146. The average Bonchev–Trinajstić information content (AvgIpc) is 2.62. The van der Waals surface area contributed by atoms with Gasteiger partial charge in [0.2, 0.25) is 0 Å². The van der Waals surface area contributed by atoms with Crippen LogP contribution in [0.25, 0.3) is 10.9 Å². The molecule has 0 amide bonds. The third-order valence-electron chi connectivity index (χ3n) is 2.96. The molecular formula is C13H14ClNO2. The molecule has 0 unspecified atom stereocenters. The van der Waals surface area contributed by atoms with Gasteiger partial charge in [-0.15, -0.1) is 0 Å². The Morgan fingerprint density at radius 1 is 1.47 bits per heavy atom. The summed E-state index contributed by atoms with van der Waals surface area (Å²) in [6.07, 6.45) is 2.31. The van der Waals surface area contributed by atoms with Gasteiger partial charge in [-0.25, -0.2) is 0 Å². The van der Waals surface area contributed by atoms with Crippen molar-refractivity contribution in [2.24, 2.45) is 5.41 Å². The van der Waals surface area contributed by atoms with Gasteiger partial charge in [-0.05, 0) is 31.9 Å². The standard InChI is InChI=1S/C13H14ClNO2/c1-13(2,12(16)17)6-8-7-15-11-9(8)4-3-5-10(11)14/h3-5,7,15H,6H2,1-2H3,(H,16,17). The van der Waals surface area contributed by atoms with Crippen LogP contribution < -0.4 is 0 Å². The second-order valence-electron chi connectivity index (χ2n) is 4.84. The maximum Gasteiger partial charge on any atom is 0.309 e. The van der Waals surface area contributed by atoms with Crippen molar-refractivity contribution in [2.45, 2.75) is 20.3 Å². The zero-order valence-electron chi connectivity index (χ0n) is 9.75. The number of carbonyl (C=O) groups is 1. The topological polar surface area (TPSA) is 53.1 Å². The fraction of sp³-hybridized carbons (Fsp3) is 0.308. The summed E-state index contributed by atoms with van der Waals surface area (Å²) in [4.78, 5) is 14.2. The molecule has 0 saturated carbocycles. The number of fused-ring (bicyclic) bond motifs is 1. The summed E-state index contributed by atoms with van der Waals surface area (Å²) in [6.45, 7) is 3.44. The van der Waals surface area contributed by atoms with Gasteiger partial charge >= 0.3 is 5.97 Å². The van der Waals surface area contributed by atoms with Crippen molar-refractivity contribution in [1.82, 2.24) is 4.98 Å². The average molecular weight is 252 g/mol. The predicted octanol–water partition coefficient (Wildman–Crippen LogP) is 3.47. The molecule has 0 aliphatic carbocycles. The Bertz CT molecular complexity index is 572. The highest BCUT2D eigenvalue weighted by molar-refractivity contribution is 6.35. The molecule has 1 heterocycles. The molecule has 0 fully saturated rings. The van der Waals surface area contributed by atoms with Gasteiger partial charge in [0.1, 0.15) is 0 Å². The minimum Gasteiger partial charge on any atom is -0.481 e. The molecule has 90 valence electrons. The lowest BCUT2D eigenvalue weighted by atomic mass is 9.86. The third-order valence-corrected chi connectivity index (χ3v) is 3.28. The van der Waals surface area contributed by atoms with E-state index in [4.69, 9.17) is 16.7 Å². The number of aromatic nitrogens is 1. The SMILES string of the molecule is CC(C)(Cc1c[nH]c2c(Cl)cccc12)C(=O)O. The van der Waals surface area contributed by atoms with E-state index >= 15 is 0 Å². The van der Waals surface area contributed by atoms with Crippen molar-refractivity contribution in [3.05, 3.63) is 35.0 Å². The van der Waals surface area contributed by atoms with Crippen molar-refractivity contribution < 1.29 is 9.90 Å². The first kappa shape index (κ1) is 12.0. The van der Waals surface area contributed by atoms with Crippen molar-refractivity contribution >= 4 is 28.5 Å². The molecule has 1 aromatic heterocycles. The van der Waals surface area contributed by atoms with Crippen molar-refractivity contribution in [2.75, 3.05) is 0 Å². The monoisotopic (exact) mass is 251 g/mol. The van der Waals surface area contributed by atoms with Crippen LogP contribution in [0.15, 0.2) is 24.4 Å². The molecule has 2 aromatic rings. The number of hydrogen-bond acceptors (Lipinski definition) is 1. The van der Waals surface area contributed by atoms with Gasteiger partial charge in [0.15, 0.2) is 0 Å². The first-order chi connectivity index (χ1) is 7.92. The Balaban J connectivity index is 2.44. The van der Waals surface area contributed by atoms with Gasteiger partial charge in [-0.2, -0.15) is 0 Å². The number of aliphatic carboxylic acids is 1. The minimum absolute atomic E-state index is 0.475. The number of benzene rings is 1. The van der Waals surface area contributed by atoms with Crippen LogP contribution in [0.4, 0.5) is 0 Å². The largest absolute Gasteiger partial charge is 0.481 e. The summed E-state index contributed by atoms with van der Waals surface area (Å²) in [6, 6.07) is 5.63. The summed E-state index contributed by atoms with van der Waals surface area (Å²) in [5.41, 5.74) is 1.07. The second-order valence-corrected chi connectivity index (χ2v) is 5.25. The molecular weight excluding hydrogens is 238 g/mol. The number of aromatic amines is 1. The Morgan fingerprint density at radius 2 is 2.18 bits per heavy atom. The fourth-order valence-corrected chi connectivity index (χ4v) is 2.10. The summed E-state index contributed by atoms with van der Waals surface area (Å²) in [5, 5.41) is 10.8. The first-order valence-electron chi connectivity index (χ1n) is 5.40. The molecule has 0 atom stereocenters. The van der Waals surface area contributed by atoms with E-state index in [2.05, 4.69) is 4.98 Å². The molecule has 2 rings (SSSR count). The summed E-state index contributed by atoms with van der Waals surface area (Å²) >= 11 is 6.06. The van der Waals surface area contributed by atoms with E-state index in [-0.39, 0.29) is 0 Å².